The summed E-state index contributed by atoms with van der Waals surface area (Å²) in [6, 6.07) is 0. The Hall–Kier alpha value is -0.460. The monoisotopic (exact) mass is 286 g/mol. The Morgan fingerprint density at radius 3 is 2.50 bits per heavy atom. The lowest BCUT2D eigenvalue weighted by Crippen LogP contribution is -2.75. The smallest absolute Gasteiger partial charge is 0.255 e. The van der Waals surface area contributed by atoms with E-state index in [1.54, 1.807) is 0 Å². The molecule has 1 fully saturated rings. The van der Waals surface area contributed by atoms with E-state index in [4.69, 9.17) is 10.5 Å². The molecule has 0 aliphatic heterocycles. The first-order chi connectivity index (χ1) is 7.75. The van der Waals surface area contributed by atoms with Gasteiger partial charge in [0.2, 0.25) is 5.91 Å². The number of amides is 1. The van der Waals surface area contributed by atoms with Gasteiger partial charge in [-0.05, 0) is 6.92 Å². The third-order valence-electron chi connectivity index (χ3n) is 3.65. The topological polar surface area (TPSA) is 64.3 Å². The maximum absolute atomic E-state index is 12.0. The van der Waals surface area contributed by atoms with Crippen LogP contribution in [0, 0.1) is 5.41 Å². The highest BCUT2D eigenvalue weighted by Crippen LogP contribution is 2.49. The zero-order valence-electron chi connectivity index (χ0n) is 10.8. The molecule has 1 amide bonds. The van der Waals surface area contributed by atoms with Crippen molar-refractivity contribution in [3.63, 3.8) is 0 Å². The van der Waals surface area contributed by atoms with Crippen LogP contribution in [0.3, 0.4) is 0 Å². The van der Waals surface area contributed by atoms with Crippen LogP contribution in [0.25, 0.3) is 0 Å². The van der Waals surface area contributed by atoms with Crippen LogP contribution in [-0.2, 0) is 9.53 Å². The van der Waals surface area contributed by atoms with Crippen LogP contribution in [0.15, 0.2) is 0 Å². The van der Waals surface area contributed by atoms with E-state index in [2.05, 4.69) is 5.32 Å². The molecule has 1 saturated carbocycles. The summed E-state index contributed by atoms with van der Waals surface area (Å²) in [7, 11) is 0. The van der Waals surface area contributed by atoms with Gasteiger partial charge in [0, 0.05) is 18.4 Å². The Labute approximate surface area is 112 Å². The van der Waals surface area contributed by atoms with Gasteiger partial charge in [-0.3, -0.25) is 4.79 Å². The minimum Gasteiger partial charge on any atom is -0.378 e. The fourth-order valence-electron chi connectivity index (χ4n) is 2.15. The standard InChI is InChI=1S/C11H20F2N2O2.ClH/c1-4-17-7-5-11(14,10(7,2)3)9(16)15-6-8(12)13;/h7-8H,4-6,14H2,1-3H3,(H,15,16);1H. The summed E-state index contributed by atoms with van der Waals surface area (Å²) in [5.74, 6) is -0.529. The molecule has 3 N–H and O–H groups in total. The molecule has 7 heteroatoms. The Balaban J connectivity index is 0.00000289. The highest BCUT2D eigenvalue weighted by molar-refractivity contribution is 5.88. The molecular formula is C11H21ClF2N2O2. The van der Waals surface area contributed by atoms with Crippen LogP contribution in [0.5, 0.6) is 0 Å². The third-order valence-corrected chi connectivity index (χ3v) is 3.65. The van der Waals surface area contributed by atoms with Gasteiger partial charge in [-0.2, -0.15) is 0 Å². The first-order valence-corrected chi connectivity index (χ1v) is 5.72. The van der Waals surface area contributed by atoms with Crippen LogP contribution >= 0.6 is 12.4 Å². The van der Waals surface area contributed by atoms with Crippen molar-refractivity contribution in [1.29, 1.82) is 0 Å². The number of halogens is 3. The number of alkyl halides is 2. The molecule has 108 valence electrons. The second kappa shape index (κ2) is 6.12. The van der Waals surface area contributed by atoms with Crippen LogP contribution in [-0.4, -0.2) is 37.1 Å². The van der Waals surface area contributed by atoms with E-state index in [-0.39, 0.29) is 18.5 Å². The van der Waals surface area contributed by atoms with Crippen molar-refractivity contribution >= 4 is 18.3 Å². The first-order valence-electron chi connectivity index (χ1n) is 5.72. The van der Waals surface area contributed by atoms with E-state index in [0.717, 1.165) is 0 Å². The molecule has 1 aliphatic carbocycles. The lowest BCUT2D eigenvalue weighted by molar-refractivity contribution is -0.171. The van der Waals surface area contributed by atoms with Crippen molar-refractivity contribution in [2.75, 3.05) is 13.2 Å². The molecule has 0 heterocycles. The van der Waals surface area contributed by atoms with Crippen molar-refractivity contribution < 1.29 is 18.3 Å². The highest BCUT2D eigenvalue weighted by atomic mass is 35.5. The van der Waals surface area contributed by atoms with Gasteiger partial charge in [0.05, 0.1) is 12.6 Å². The lowest BCUT2D eigenvalue weighted by atomic mass is 9.54. The van der Waals surface area contributed by atoms with Crippen LogP contribution in [0.2, 0.25) is 0 Å². The van der Waals surface area contributed by atoms with E-state index in [1.165, 1.54) is 0 Å². The number of nitrogens with one attached hydrogen (secondary N) is 1. The van der Waals surface area contributed by atoms with E-state index < -0.39 is 29.8 Å². The number of hydrogen-bond acceptors (Lipinski definition) is 3. The fourth-order valence-corrected chi connectivity index (χ4v) is 2.15. The van der Waals surface area contributed by atoms with Crippen molar-refractivity contribution in [3.8, 4) is 0 Å². The quantitative estimate of drug-likeness (QED) is 0.801. The molecule has 1 aliphatic rings. The Kier molecular flexibility index (Phi) is 5.97. The van der Waals surface area contributed by atoms with E-state index in [9.17, 15) is 13.6 Å². The van der Waals surface area contributed by atoms with Gasteiger partial charge < -0.3 is 15.8 Å². The molecule has 2 unspecified atom stereocenters. The number of carbonyl (C=O) groups is 1. The van der Waals surface area contributed by atoms with Gasteiger partial charge in [-0.25, -0.2) is 8.78 Å². The highest BCUT2D eigenvalue weighted by Gasteiger charge is 2.62. The summed E-state index contributed by atoms with van der Waals surface area (Å²) in [6.45, 7) is 5.39. The molecule has 0 bridgehead atoms. The van der Waals surface area contributed by atoms with Crippen molar-refractivity contribution in [2.45, 2.75) is 45.3 Å². The molecule has 0 aromatic rings. The second-order valence-corrected chi connectivity index (χ2v) is 4.94. The Morgan fingerprint density at radius 1 is 1.56 bits per heavy atom. The average molecular weight is 287 g/mol. The minimum atomic E-state index is -2.56. The zero-order valence-corrected chi connectivity index (χ0v) is 11.7. The first kappa shape index (κ1) is 17.5. The molecule has 0 saturated heterocycles. The summed E-state index contributed by atoms with van der Waals surface area (Å²) >= 11 is 0. The van der Waals surface area contributed by atoms with Gasteiger partial charge in [0.1, 0.15) is 5.54 Å². The number of carbonyl (C=O) groups excluding carboxylic acids is 1. The van der Waals surface area contributed by atoms with E-state index in [0.29, 0.717) is 13.0 Å². The van der Waals surface area contributed by atoms with Gasteiger partial charge >= 0.3 is 0 Å². The lowest BCUT2D eigenvalue weighted by Gasteiger charge is -2.57. The van der Waals surface area contributed by atoms with Crippen LogP contribution < -0.4 is 11.1 Å². The normalized spacial score (nSPS) is 29.4. The molecule has 0 aromatic carbocycles. The molecule has 18 heavy (non-hydrogen) atoms. The SMILES string of the molecule is CCOC1CC(N)(C(=O)NCC(F)F)C1(C)C.Cl. The predicted octanol–water partition coefficient (Wildman–Crippen LogP) is 1.32. The summed E-state index contributed by atoms with van der Waals surface area (Å²) < 4.78 is 29.5. The predicted molar refractivity (Wildman–Crippen MR) is 67.0 cm³/mol. The van der Waals surface area contributed by atoms with Gasteiger partial charge in [-0.1, -0.05) is 13.8 Å². The Morgan fingerprint density at radius 2 is 2.11 bits per heavy atom. The number of nitrogens with two attached hydrogens (primary N) is 1. The maximum Gasteiger partial charge on any atom is 0.255 e. The molecule has 0 aromatic heterocycles. The number of rotatable bonds is 5. The number of hydrogen-bond donors (Lipinski definition) is 2. The molecule has 1 rings (SSSR count). The number of ether oxygens (including phenoxy) is 1. The molecular weight excluding hydrogens is 266 g/mol. The van der Waals surface area contributed by atoms with E-state index >= 15 is 0 Å². The van der Waals surface area contributed by atoms with Gasteiger partial charge in [0.25, 0.3) is 6.43 Å². The Bertz CT molecular complexity index is 303. The second-order valence-electron chi connectivity index (χ2n) is 4.94. The minimum absolute atomic E-state index is 0. The molecule has 0 spiro atoms. The zero-order chi connectivity index (χ0) is 13.3. The van der Waals surface area contributed by atoms with Crippen molar-refractivity contribution in [1.82, 2.24) is 5.32 Å². The summed E-state index contributed by atoms with van der Waals surface area (Å²) in [4.78, 5) is 11.8. The van der Waals surface area contributed by atoms with Crippen molar-refractivity contribution in [3.05, 3.63) is 0 Å². The molecule has 0 radical (unpaired) electrons. The van der Waals surface area contributed by atoms with Crippen LogP contribution in [0.4, 0.5) is 8.78 Å². The summed E-state index contributed by atoms with van der Waals surface area (Å²) in [6.07, 6.45) is -2.30. The van der Waals surface area contributed by atoms with Crippen molar-refractivity contribution in [2.24, 2.45) is 11.1 Å². The van der Waals surface area contributed by atoms with E-state index in [1.807, 2.05) is 20.8 Å². The van der Waals surface area contributed by atoms with Crippen LogP contribution in [0.1, 0.15) is 27.2 Å². The average Bonchev–Trinajstić information content (AvgIpc) is 2.25. The largest absolute Gasteiger partial charge is 0.378 e. The van der Waals surface area contributed by atoms with Gasteiger partial charge in [0.15, 0.2) is 0 Å². The fraction of sp³-hybridized carbons (Fsp3) is 0.909. The maximum atomic E-state index is 12.0. The third kappa shape index (κ3) is 2.92. The summed E-state index contributed by atoms with van der Waals surface area (Å²) in [5, 5.41) is 2.17. The molecule has 2 atom stereocenters. The van der Waals surface area contributed by atoms with Gasteiger partial charge in [-0.15, -0.1) is 12.4 Å². The molecule has 4 nitrogen and oxygen atoms in total. The summed E-state index contributed by atoms with van der Waals surface area (Å²) in [5.41, 5.74) is 4.32.